The molecule has 0 saturated heterocycles. The van der Waals surface area contributed by atoms with Crippen molar-refractivity contribution in [3.8, 4) is 0 Å². The Labute approximate surface area is 132 Å². The van der Waals surface area contributed by atoms with E-state index in [4.69, 9.17) is 17.4 Å². The summed E-state index contributed by atoms with van der Waals surface area (Å²) in [6, 6.07) is 10.3. The Hall–Kier alpha value is -1.18. The molecule has 0 fully saturated rings. The summed E-state index contributed by atoms with van der Waals surface area (Å²) in [6.45, 7) is 0. The number of halogens is 4. The van der Waals surface area contributed by atoms with Crippen molar-refractivity contribution in [2.45, 2.75) is 11.3 Å². The zero-order valence-corrected chi connectivity index (χ0v) is 12.9. The molecule has 21 heavy (non-hydrogen) atoms. The van der Waals surface area contributed by atoms with Crippen molar-refractivity contribution < 1.29 is 13.2 Å². The van der Waals surface area contributed by atoms with E-state index in [2.05, 4.69) is 5.10 Å². The number of hydrazone groups is 1. The maximum absolute atomic E-state index is 12.2. The summed E-state index contributed by atoms with van der Waals surface area (Å²) in [4.78, 5) is 1.33. The fraction of sp³-hybridized carbons (Fsp3) is 0.154. The Morgan fingerprint density at radius 2 is 1.86 bits per heavy atom. The van der Waals surface area contributed by atoms with Crippen LogP contribution in [0.5, 0.6) is 0 Å². The second-order valence-corrected chi connectivity index (χ2v) is 6.63. The molecule has 2 aromatic rings. The van der Waals surface area contributed by atoms with Crippen molar-refractivity contribution >= 4 is 40.4 Å². The number of nitrogens with zero attached hydrogens (tertiary/aromatic N) is 1. The molecule has 8 heteroatoms. The van der Waals surface area contributed by atoms with Crippen molar-refractivity contribution in [1.29, 1.82) is 0 Å². The third-order valence-electron chi connectivity index (χ3n) is 2.52. The third kappa shape index (κ3) is 4.66. The maximum atomic E-state index is 12.2. The van der Waals surface area contributed by atoms with E-state index in [-0.39, 0.29) is 17.5 Å². The molecule has 0 aliphatic carbocycles. The predicted octanol–water partition coefficient (Wildman–Crippen LogP) is 4.87. The van der Waals surface area contributed by atoms with E-state index in [1.165, 1.54) is 11.3 Å². The van der Waals surface area contributed by atoms with Gasteiger partial charge in [0.05, 0.1) is 4.88 Å². The second-order valence-electron chi connectivity index (χ2n) is 3.98. The fourth-order valence-corrected chi connectivity index (χ4v) is 3.39. The molecular formula is C13H10ClF3N2S2. The normalized spacial score (nSPS) is 12.7. The SMILES string of the molecule is NN=C(c1ccc(Cl)cc1)c1ccc(CSC(F)(F)F)s1. The lowest BCUT2D eigenvalue weighted by Crippen LogP contribution is -2.04. The van der Waals surface area contributed by atoms with Crippen LogP contribution in [0.2, 0.25) is 5.02 Å². The Balaban J connectivity index is 2.17. The molecule has 2 N–H and O–H groups in total. The molecule has 0 atom stereocenters. The summed E-state index contributed by atoms with van der Waals surface area (Å²) in [5.41, 5.74) is -2.94. The molecule has 112 valence electrons. The van der Waals surface area contributed by atoms with Gasteiger partial charge in [0.25, 0.3) is 0 Å². The highest BCUT2D eigenvalue weighted by Crippen LogP contribution is 2.35. The van der Waals surface area contributed by atoms with E-state index in [0.29, 0.717) is 15.6 Å². The topological polar surface area (TPSA) is 38.4 Å². The van der Waals surface area contributed by atoms with Gasteiger partial charge >= 0.3 is 5.51 Å². The monoisotopic (exact) mass is 350 g/mol. The second kappa shape index (κ2) is 6.72. The molecule has 0 aliphatic heterocycles. The lowest BCUT2D eigenvalue weighted by Gasteiger charge is -2.04. The number of hydrogen-bond acceptors (Lipinski definition) is 4. The summed E-state index contributed by atoms with van der Waals surface area (Å²) in [6.07, 6.45) is 0. The Morgan fingerprint density at radius 1 is 1.19 bits per heavy atom. The Kier molecular flexibility index (Phi) is 5.18. The van der Waals surface area contributed by atoms with Gasteiger partial charge in [-0.25, -0.2) is 0 Å². The van der Waals surface area contributed by atoms with Crippen LogP contribution in [-0.4, -0.2) is 11.2 Å². The van der Waals surface area contributed by atoms with Crippen LogP contribution in [0, 0.1) is 0 Å². The minimum absolute atomic E-state index is 0.0611. The minimum Gasteiger partial charge on any atom is -0.323 e. The van der Waals surface area contributed by atoms with Crippen LogP contribution in [0.25, 0.3) is 0 Å². The van der Waals surface area contributed by atoms with Gasteiger partial charge in [-0.15, -0.1) is 11.3 Å². The van der Waals surface area contributed by atoms with Gasteiger partial charge in [0.2, 0.25) is 0 Å². The molecule has 0 radical (unpaired) electrons. The molecule has 0 saturated carbocycles. The highest BCUT2D eigenvalue weighted by Gasteiger charge is 2.28. The summed E-state index contributed by atoms with van der Waals surface area (Å²) in [5, 5.41) is 4.32. The number of benzene rings is 1. The first kappa shape index (κ1) is 16.2. The molecule has 1 aromatic carbocycles. The number of alkyl halides is 3. The molecule has 0 spiro atoms. The number of hydrogen-bond donors (Lipinski definition) is 1. The van der Waals surface area contributed by atoms with Gasteiger partial charge in [-0.1, -0.05) is 23.7 Å². The summed E-state index contributed by atoms with van der Waals surface area (Å²) in [7, 11) is 0. The first-order valence-corrected chi connectivity index (χ1v) is 7.90. The molecular weight excluding hydrogens is 341 g/mol. The van der Waals surface area contributed by atoms with Crippen molar-refractivity contribution in [2.24, 2.45) is 10.9 Å². The molecule has 0 amide bonds. The van der Waals surface area contributed by atoms with Crippen LogP contribution in [0.4, 0.5) is 13.2 Å². The molecule has 1 heterocycles. The zero-order valence-electron chi connectivity index (χ0n) is 10.5. The van der Waals surface area contributed by atoms with Gasteiger partial charge in [0, 0.05) is 21.2 Å². The molecule has 0 bridgehead atoms. The number of thioether (sulfide) groups is 1. The van der Waals surface area contributed by atoms with Crippen molar-refractivity contribution in [1.82, 2.24) is 0 Å². The van der Waals surface area contributed by atoms with Crippen LogP contribution in [0.15, 0.2) is 41.5 Å². The maximum Gasteiger partial charge on any atom is 0.442 e. The van der Waals surface area contributed by atoms with E-state index in [1.807, 2.05) is 0 Å². The van der Waals surface area contributed by atoms with Crippen LogP contribution in [-0.2, 0) is 5.75 Å². The molecule has 0 unspecified atom stereocenters. The van der Waals surface area contributed by atoms with Crippen LogP contribution < -0.4 is 5.84 Å². The summed E-state index contributed by atoms with van der Waals surface area (Å²) >= 11 is 7.00. The molecule has 1 aromatic heterocycles. The largest absolute Gasteiger partial charge is 0.442 e. The van der Waals surface area contributed by atoms with E-state index >= 15 is 0 Å². The van der Waals surface area contributed by atoms with Crippen molar-refractivity contribution in [2.75, 3.05) is 0 Å². The highest BCUT2D eigenvalue weighted by atomic mass is 35.5. The van der Waals surface area contributed by atoms with Crippen LogP contribution >= 0.6 is 34.7 Å². The van der Waals surface area contributed by atoms with Gasteiger partial charge in [0.1, 0.15) is 5.71 Å². The minimum atomic E-state index is -4.23. The Morgan fingerprint density at radius 3 is 2.43 bits per heavy atom. The predicted molar refractivity (Wildman–Crippen MR) is 82.9 cm³/mol. The zero-order chi connectivity index (χ0) is 15.5. The van der Waals surface area contributed by atoms with Gasteiger partial charge in [0.15, 0.2) is 0 Å². The average Bonchev–Trinajstić information content (AvgIpc) is 2.87. The number of rotatable bonds is 4. The lowest BCUT2D eigenvalue weighted by molar-refractivity contribution is -0.0329. The molecule has 2 rings (SSSR count). The van der Waals surface area contributed by atoms with Crippen molar-refractivity contribution in [3.63, 3.8) is 0 Å². The molecule has 2 nitrogen and oxygen atoms in total. The fourth-order valence-electron chi connectivity index (χ4n) is 1.62. The summed E-state index contributed by atoms with van der Waals surface area (Å²) < 4.78 is 36.6. The van der Waals surface area contributed by atoms with Gasteiger partial charge < -0.3 is 5.84 Å². The van der Waals surface area contributed by atoms with E-state index in [9.17, 15) is 13.2 Å². The smallest absolute Gasteiger partial charge is 0.323 e. The summed E-state index contributed by atoms with van der Waals surface area (Å²) in [5.74, 6) is 5.29. The van der Waals surface area contributed by atoms with Gasteiger partial charge in [-0.2, -0.15) is 18.3 Å². The van der Waals surface area contributed by atoms with E-state index in [0.717, 1.165) is 10.4 Å². The number of nitrogens with two attached hydrogens (primary N) is 1. The van der Waals surface area contributed by atoms with Crippen molar-refractivity contribution in [3.05, 3.63) is 56.7 Å². The number of thiophene rings is 1. The first-order chi connectivity index (χ1) is 9.89. The highest BCUT2D eigenvalue weighted by molar-refractivity contribution is 7.99. The quantitative estimate of drug-likeness (QED) is 0.485. The van der Waals surface area contributed by atoms with Gasteiger partial charge in [-0.3, -0.25) is 0 Å². The van der Waals surface area contributed by atoms with Crippen LogP contribution in [0.3, 0.4) is 0 Å². The van der Waals surface area contributed by atoms with Crippen LogP contribution in [0.1, 0.15) is 15.3 Å². The van der Waals surface area contributed by atoms with E-state index in [1.54, 1.807) is 36.4 Å². The van der Waals surface area contributed by atoms with Gasteiger partial charge in [-0.05, 0) is 36.0 Å². The third-order valence-corrected chi connectivity index (χ3v) is 4.83. The average molecular weight is 351 g/mol. The standard InChI is InChI=1S/C13H10ClF3N2S2/c14-9-3-1-8(2-4-9)12(19-18)11-6-5-10(21-11)7-20-13(15,16)17/h1-6H,7,18H2. The molecule has 0 aliphatic rings. The lowest BCUT2D eigenvalue weighted by atomic mass is 10.1. The van der Waals surface area contributed by atoms with E-state index < -0.39 is 5.51 Å². The Bertz CT molecular complexity index is 636. The first-order valence-electron chi connectivity index (χ1n) is 5.72.